The molecule has 2 atom stereocenters. The Morgan fingerprint density at radius 3 is 2.53 bits per heavy atom. The van der Waals surface area contributed by atoms with Gasteiger partial charge in [0.25, 0.3) is 0 Å². The average molecular weight is 211 g/mol. The zero-order valence-corrected chi connectivity index (χ0v) is 8.93. The van der Waals surface area contributed by atoms with E-state index in [2.05, 4.69) is 0 Å². The van der Waals surface area contributed by atoms with Crippen LogP contribution >= 0.6 is 0 Å². The third-order valence-corrected chi connectivity index (χ3v) is 3.68. The molecule has 0 aliphatic heterocycles. The van der Waals surface area contributed by atoms with Crippen molar-refractivity contribution in [1.82, 2.24) is 0 Å². The van der Waals surface area contributed by atoms with Crippen LogP contribution in [-0.2, 0) is 0 Å². The summed E-state index contributed by atoms with van der Waals surface area (Å²) in [6.45, 7) is 3.99. The van der Waals surface area contributed by atoms with Crippen molar-refractivity contribution in [1.29, 1.82) is 0 Å². The summed E-state index contributed by atoms with van der Waals surface area (Å²) in [5.41, 5.74) is 6.17. The molecule has 15 heavy (non-hydrogen) atoms. The lowest BCUT2D eigenvalue weighted by molar-refractivity contribution is 0.0954. The molecule has 1 saturated carbocycles. The lowest BCUT2D eigenvalue weighted by Crippen LogP contribution is -2.53. The second-order valence-corrected chi connectivity index (χ2v) is 4.88. The van der Waals surface area contributed by atoms with E-state index in [4.69, 9.17) is 5.73 Å². The standard InChI is InChI=1S/C12H15F2N/c1-12(2)9(6-11(12)15)8-5-7(13)3-4-10(8)14/h3-5,9,11H,6,15H2,1-2H3. The van der Waals surface area contributed by atoms with Gasteiger partial charge >= 0.3 is 0 Å². The Hall–Kier alpha value is -0.960. The first-order chi connectivity index (χ1) is 6.93. The second kappa shape index (κ2) is 3.27. The van der Waals surface area contributed by atoms with Crippen LogP contribution in [0.2, 0.25) is 0 Å². The van der Waals surface area contributed by atoms with E-state index >= 15 is 0 Å². The van der Waals surface area contributed by atoms with Gasteiger partial charge in [0.05, 0.1) is 0 Å². The topological polar surface area (TPSA) is 26.0 Å². The van der Waals surface area contributed by atoms with Crippen molar-refractivity contribution in [3.8, 4) is 0 Å². The highest BCUT2D eigenvalue weighted by Gasteiger charge is 2.47. The smallest absolute Gasteiger partial charge is 0.126 e. The fourth-order valence-corrected chi connectivity index (χ4v) is 2.27. The summed E-state index contributed by atoms with van der Waals surface area (Å²) in [7, 11) is 0. The minimum absolute atomic E-state index is 0.0307. The van der Waals surface area contributed by atoms with Gasteiger partial charge in [-0.05, 0) is 41.5 Å². The molecule has 1 aliphatic carbocycles. The number of hydrogen-bond acceptors (Lipinski definition) is 1. The zero-order valence-electron chi connectivity index (χ0n) is 8.93. The summed E-state index contributed by atoms with van der Waals surface area (Å²) in [4.78, 5) is 0. The summed E-state index contributed by atoms with van der Waals surface area (Å²) >= 11 is 0. The van der Waals surface area contributed by atoms with Crippen LogP contribution in [0, 0.1) is 17.0 Å². The van der Waals surface area contributed by atoms with Crippen LogP contribution in [0.15, 0.2) is 18.2 Å². The van der Waals surface area contributed by atoms with Crippen molar-refractivity contribution in [2.24, 2.45) is 11.1 Å². The monoisotopic (exact) mass is 211 g/mol. The molecule has 1 aromatic rings. The van der Waals surface area contributed by atoms with E-state index in [1.807, 2.05) is 13.8 Å². The maximum Gasteiger partial charge on any atom is 0.126 e. The van der Waals surface area contributed by atoms with E-state index in [1.54, 1.807) is 0 Å². The minimum Gasteiger partial charge on any atom is -0.327 e. The summed E-state index contributed by atoms with van der Waals surface area (Å²) in [5.74, 6) is -0.688. The van der Waals surface area contributed by atoms with Gasteiger partial charge in [0, 0.05) is 6.04 Å². The molecule has 1 fully saturated rings. The first-order valence-corrected chi connectivity index (χ1v) is 5.13. The summed E-state index contributed by atoms with van der Waals surface area (Å²) < 4.78 is 26.5. The average Bonchev–Trinajstić information content (AvgIpc) is 2.18. The number of halogens is 2. The van der Waals surface area contributed by atoms with Crippen molar-refractivity contribution in [2.45, 2.75) is 32.2 Å². The third kappa shape index (κ3) is 1.55. The van der Waals surface area contributed by atoms with Crippen LogP contribution in [0.1, 0.15) is 31.7 Å². The fourth-order valence-electron chi connectivity index (χ4n) is 2.27. The van der Waals surface area contributed by atoms with Gasteiger partial charge in [-0.3, -0.25) is 0 Å². The molecule has 1 nitrogen and oxygen atoms in total. The van der Waals surface area contributed by atoms with Crippen molar-refractivity contribution in [3.05, 3.63) is 35.4 Å². The molecule has 1 aliphatic rings. The van der Waals surface area contributed by atoms with Gasteiger partial charge in [-0.15, -0.1) is 0 Å². The highest BCUT2D eigenvalue weighted by atomic mass is 19.1. The molecule has 0 radical (unpaired) electrons. The lowest BCUT2D eigenvalue weighted by Gasteiger charge is -2.50. The molecule has 0 heterocycles. The van der Waals surface area contributed by atoms with Crippen molar-refractivity contribution in [3.63, 3.8) is 0 Å². The number of nitrogens with two attached hydrogens (primary N) is 1. The normalized spacial score (nSPS) is 28.6. The lowest BCUT2D eigenvalue weighted by atomic mass is 9.56. The van der Waals surface area contributed by atoms with E-state index in [9.17, 15) is 8.78 Å². The molecule has 0 bridgehead atoms. The highest BCUT2D eigenvalue weighted by molar-refractivity contribution is 5.29. The highest BCUT2D eigenvalue weighted by Crippen LogP contribution is 2.51. The van der Waals surface area contributed by atoms with Crippen LogP contribution in [-0.4, -0.2) is 6.04 Å². The Morgan fingerprint density at radius 2 is 2.00 bits per heavy atom. The van der Waals surface area contributed by atoms with E-state index < -0.39 is 0 Å². The molecule has 2 unspecified atom stereocenters. The van der Waals surface area contributed by atoms with Gasteiger partial charge < -0.3 is 5.73 Å². The molecular weight excluding hydrogens is 196 g/mol. The van der Waals surface area contributed by atoms with Crippen LogP contribution in [0.5, 0.6) is 0 Å². The summed E-state index contributed by atoms with van der Waals surface area (Å²) in [5, 5.41) is 0. The predicted octanol–water partition coefficient (Wildman–Crippen LogP) is 2.81. The molecule has 82 valence electrons. The molecule has 2 N–H and O–H groups in total. The number of rotatable bonds is 1. The largest absolute Gasteiger partial charge is 0.327 e. The van der Waals surface area contributed by atoms with Gasteiger partial charge in [0.1, 0.15) is 11.6 Å². The quantitative estimate of drug-likeness (QED) is 0.759. The second-order valence-electron chi connectivity index (χ2n) is 4.88. The molecule has 1 aromatic carbocycles. The summed E-state index contributed by atoms with van der Waals surface area (Å²) in [6.07, 6.45) is 0.730. The van der Waals surface area contributed by atoms with E-state index in [1.165, 1.54) is 12.1 Å². The van der Waals surface area contributed by atoms with Crippen molar-refractivity contribution >= 4 is 0 Å². The van der Waals surface area contributed by atoms with Gasteiger partial charge in [0.15, 0.2) is 0 Å². The zero-order chi connectivity index (χ0) is 11.2. The molecule has 0 spiro atoms. The predicted molar refractivity (Wildman–Crippen MR) is 55.5 cm³/mol. The maximum atomic E-state index is 13.5. The first kappa shape index (κ1) is 10.6. The Morgan fingerprint density at radius 1 is 1.33 bits per heavy atom. The van der Waals surface area contributed by atoms with Crippen LogP contribution < -0.4 is 5.73 Å². The number of hydrogen-bond donors (Lipinski definition) is 1. The molecule has 0 aromatic heterocycles. The van der Waals surface area contributed by atoms with Crippen LogP contribution in [0.4, 0.5) is 8.78 Å². The molecular formula is C12H15F2N. The van der Waals surface area contributed by atoms with Gasteiger partial charge in [0.2, 0.25) is 0 Å². The van der Waals surface area contributed by atoms with Crippen LogP contribution in [0.25, 0.3) is 0 Å². The summed E-state index contributed by atoms with van der Waals surface area (Å²) in [6, 6.07) is 3.69. The molecule has 2 rings (SSSR count). The van der Waals surface area contributed by atoms with E-state index in [-0.39, 0.29) is 29.0 Å². The Labute approximate surface area is 88.3 Å². The Kier molecular flexibility index (Phi) is 2.30. The maximum absolute atomic E-state index is 13.5. The minimum atomic E-state index is -0.386. The van der Waals surface area contributed by atoms with Gasteiger partial charge in [-0.25, -0.2) is 8.78 Å². The van der Waals surface area contributed by atoms with Crippen molar-refractivity contribution in [2.75, 3.05) is 0 Å². The Balaban J connectivity index is 2.35. The fraction of sp³-hybridized carbons (Fsp3) is 0.500. The van der Waals surface area contributed by atoms with E-state index in [0.29, 0.717) is 5.56 Å². The number of benzene rings is 1. The molecule has 0 saturated heterocycles. The molecule has 3 heteroatoms. The first-order valence-electron chi connectivity index (χ1n) is 5.13. The van der Waals surface area contributed by atoms with Crippen molar-refractivity contribution < 1.29 is 8.78 Å². The van der Waals surface area contributed by atoms with E-state index in [0.717, 1.165) is 12.5 Å². The van der Waals surface area contributed by atoms with Crippen LogP contribution in [0.3, 0.4) is 0 Å². The van der Waals surface area contributed by atoms with Gasteiger partial charge in [-0.1, -0.05) is 13.8 Å². The Bertz CT molecular complexity index is 387. The van der Waals surface area contributed by atoms with Gasteiger partial charge in [-0.2, -0.15) is 0 Å². The SMILES string of the molecule is CC1(C)C(N)CC1c1cc(F)ccc1F. The molecule has 0 amide bonds. The third-order valence-electron chi connectivity index (χ3n) is 3.68.